The number of benzene rings is 6. The molecule has 0 radical (unpaired) electrons. The molecule has 1 spiro atoms. The molecule has 0 unspecified atom stereocenters. The maximum atomic E-state index is 3.83. The van der Waals surface area contributed by atoms with Gasteiger partial charge in [0.2, 0.25) is 0 Å². The maximum absolute atomic E-state index is 3.83. The molecule has 3 aliphatic carbocycles. The lowest BCUT2D eigenvalue weighted by Crippen LogP contribution is -2.25. The molecule has 44 heavy (non-hydrogen) atoms. The van der Waals surface area contributed by atoms with Crippen molar-refractivity contribution in [1.82, 2.24) is 0 Å². The molecule has 0 aromatic heterocycles. The van der Waals surface area contributed by atoms with E-state index in [1.807, 2.05) is 0 Å². The highest BCUT2D eigenvalue weighted by atomic mass is 14.9. The Morgan fingerprint density at radius 2 is 1.00 bits per heavy atom. The number of anilines is 2. The van der Waals surface area contributed by atoms with E-state index in [9.17, 15) is 0 Å². The van der Waals surface area contributed by atoms with Crippen molar-refractivity contribution < 1.29 is 0 Å². The van der Waals surface area contributed by atoms with Crippen LogP contribution in [0.4, 0.5) is 11.4 Å². The summed E-state index contributed by atoms with van der Waals surface area (Å²) in [6.07, 6.45) is 8.86. The van der Waals surface area contributed by atoms with Crippen LogP contribution in [0.5, 0.6) is 0 Å². The van der Waals surface area contributed by atoms with Crippen LogP contribution in [0.25, 0.3) is 39.0 Å². The van der Waals surface area contributed by atoms with Crippen LogP contribution < -0.4 is 5.32 Å². The number of hydrogen-bond donors (Lipinski definition) is 1. The smallest absolute Gasteiger partial charge is 0.0726 e. The molecule has 1 nitrogen and oxygen atoms in total. The van der Waals surface area contributed by atoms with E-state index in [2.05, 4.69) is 163 Å². The van der Waals surface area contributed by atoms with Gasteiger partial charge in [0.05, 0.1) is 5.41 Å². The summed E-state index contributed by atoms with van der Waals surface area (Å²) in [7, 11) is 0. The molecule has 0 saturated carbocycles. The molecule has 6 aromatic carbocycles. The fourth-order valence-electron chi connectivity index (χ4n) is 7.92. The van der Waals surface area contributed by atoms with Gasteiger partial charge in [-0.15, -0.1) is 0 Å². The Morgan fingerprint density at radius 1 is 0.455 bits per heavy atom. The monoisotopic (exact) mass is 561 g/mol. The Morgan fingerprint density at radius 3 is 1.61 bits per heavy atom. The average Bonchev–Trinajstić information content (AvgIpc) is 3.56. The van der Waals surface area contributed by atoms with E-state index >= 15 is 0 Å². The first-order chi connectivity index (χ1) is 21.8. The third-order valence-corrected chi connectivity index (χ3v) is 9.75. The standard InChI is InChI=1S/C43H31N/c1-3-13-29(14-4-1)33-25-23-31(27-38(33)30-15-5-2-6-16-30)44-32-24-26-37-36-19-9-12-22-41(36)43(42(37)28-32)39-20-10-7-17-34(39)35-18-8-11-21-40(35)43/h1-5,7-15,17-28,44H,6,16H2. The van der Waals surface area contributed by atoms with E-state index in [4.69, 9.17) is 0 Å². The van der Waals surface area contributed by atoms with E-state index in [1.165, 1.54) is 66.8 Å². The van der Waals surface area contributed by atoms with Crippen LogP contribution in [0, 0.1) is 0 Å². The summed E-state index contributed by atoms with van der Waals surface area (Å²) in [4.78, 5) is 0. The SMILES string of the molecule is C1=CCCC(c2cc(Nc3ccc4c(c3)C3(c5ccccc5-c5ccccc53)c3ccccc3-4)ccc2-c2ccccc2)=C1. The van der Waals surface area contributed by atoms with Gasteiger partial charge in [-0.3, -0.25) is 0 Å². The molecular weight excluding hydrogens is 530 g/mol. The minimum Gasteiger partial charge on any atom is -0.355 e. The highest BCUT2D eigenvalue weighted by Gasteiger charge is 2.51. The highest BCUT2D eigenvalue weighted by Crippen LogP contribution is 2.62. The van der Waals surface area contributed by atoms with Crippen LogP contribution in [0.3, 0.4) is 0 Å². The first kappa shape index (κ1) is 25.1. The van der Waals surface area contributed by atoms with Crippen LogP contribution in [-0.2, 0) is 5.41 Å². The lowest BCUT2D eigenvalue weighted by Gasteiger charge is -2.30. The second-order valence-electron chi connectivity index (χ2n) is 12.1. The van der Waals surface area contributed by atoms with Crippen molar-refractivity contribution in [2.75, 3.05) is 5.32 Å². The Kier molecular flexibility index (Phi) is 5.61. The van der Waals surface area contributed by atoms with Gasteiger partial charge in [-0.25, -0.2) is 0 Å². The van der Waals surface area contributed by atoms with Crippen LogP contribution >= 0.6 is 0 Å². The third-order valence-electron chi connectivity index (χ3n) is 9.75. The molecule has 1 N–H and O–H groups in total. The lowest BCUT2D eigenvalue weighted by atomic mass is 9.70. The minimum atomic E-state index is -0.335. The van der Waals surface area contributed by atoms with Crippen molar-refractivity contribution in [1.29, 1.82) is 0 Å². The number of nitrogens with one attached hydrogen (secondary N) is 1. The van der Waals surface area contributed by atoms with Gasteiger partial charge in [-0.05, 0) is 104 Å². The molecular formula is C43H31N. The summed E-state index contributed by atoms with van der Waals surface area (Å²) in [5, 5.41) is 3.83. The van der Waals surface area contributed by atoms with E-state index in [1.54, 1.807) is 0 Å². The molecule has 0 atom stereocenters. The maximum Gasteiger partial charge on any atom is 0.0726 e. The first-order valence-corrected chi connectivity index (χ1v) is 15.6. The van der Waals surface area contributed by atoms with Crippen molar-refractivity contribution in [3.8, 4) is 33.4 Å². The summed E-state index contributed by atoms with van der Waals surface area (Å²) in [5.74, 6) is 0. The molecule has 208 valence electrons. The Labute approximate surface area is 258 Å². The fraction of sp³-hybridized carbons (Fsp3) is 0.0698. The number of allylic oxidation sites excluding steroid dienone is 4. The van der Waals surface area contributed by atoms with Gasteiger partial charge in [0.25, 0.3) is 0 Å². The third kappa shape index (κ3) is 3.59. The largest absolute Gasteiger partial charge is 0.355 e. The Balaban J connectivity index is 1.20. The van der Waals surface area contributed by atoms with E-state index in [-0.39, 0.29) is 5.41 Å². The summed E-state index contributed by atoms with van der Waals surface area (Å²) >= 11 is 0. The molecule has 3 aliphatic rings. The predicted molar refractivity (Wildman–Crippen MR) is 184 cm³/mol. The van der Waals surface area contributed by atoms with Crippen molar-refractivity contribution in [2.45, 2.75) is 18.3 Å². The van der Waals surface area contributed by atoms with Crippen molar-refractivity contribution in [3.63, 3.8) is 0 Å². The molecule has 0 bridgehead atoms. The molecule has 0 aliphatic heterocycles. The normalized spacial score (nSPS) is 14.9. The number of hydrogen-bond acceptors (Lipinski definition) is 1. The van der Waals surface area contributed by atoms with Crippen LogP contribution in [0.2, 0.25) is 0 Å². The van der Waals surface area contributed by atoms with Crippen molar-refractivity contribution >= 4 is 16.9 Å². The molecule has 0 amide bonds. The predicted octanol–water partition coefficient (Wildman–Crippen LogP) is 11.2. The van der Waals surface area contributed by atoms with Gasteiger partial charge < -0.3 is 5.32 Å². The average molecular weight is 562 g/mol. The highest BCUT2D eigenvalue weighted by molar-refractivity contribution is 5.96. The van der Waals surface area contributed by atoms with Gasteiger partial charge in [0.1, 0.15) is 0 Å². The molecule has 0 fully saturated rings. The van der Waals surface area contributed by atoms with Gasteiger partial charge in [0.15, 0.2) is 0 Å². The fourth-order valence-corrected chi connectivity index (χ4v) is 7.92. The zero-order valence-corrected chi connectivity index (χ0v) is 24.4. The van der Waals surface area contributed by atoms with Gasteiger partial charge in [-0.2, -0.15) is 0 Å². The van der Waals surface area contributed by atoms with Crippen molar-refractivity contribution in [2.24, 2.45) is 0 Å². The van der Waals surface area contributed by atoms with Gasteiger partial charge in [-0.1, -0.05) is 133 Å². The number of rotatable bonds is 4. The zero-order chi connectivity index (χ0) is 29.1. The summed E-state index contributed by atoms with van der Waals surface area (Å²) in [6.45, 7) is 0. The molecule has 6 aromatic rings. The van der Waals surface area contributed by atoms with Crippen LogP contribution in [0.15, 0.2) is 158 Å². The summed E-state index contributed by atoms with van der Waals surface area (Å²) < 4.78 is 0. The van der Waals surface area contributed by atoms with Crippen LogP contribution in [-0.4, -0.2) is 0 Å². The molecule has 1 heteroatoms. The zero-order valence-electron chi connectivity index (χ0n) is 24.4. The number of fused-ring (bicyclic) bond motifs is 10. The lowest BCUT2D eigenvalue weighted by molar-refractivity contribution is 0.794. The topological polar surface area (TPSA) is 12.0 Å². The van der Waals surface area contributed by atoms with E-state index in [0.717, 1.165) is 24.2 Å². The Bertz CT molecular complexity index is 2080. The second kappa shape index (κ2) is 9.82. The van der Waals surface area contributed by atoms with E-state index in [0.29, 0.717) is 0 Å². The minimum absolute atomic E-state index is 0.335. The molecule has 0 saturated heterocycles. The molecule has 0 heterocycles. The van der Waals surface area contributed by atoms with Crippen molar-refractivity contribution in [3.05, 3.63) is 186 Å². The summed E-state index contributed by atoms with van der Waals surface area (Å²) in [5.41, 5.74) is 17.9. The van der Waals surface area contributed by atoms with E-state index < -0.39 is 0 Å². The second-order valence-corrected chi connectivity index (χ2v) is 12.1. The summed E-state index contributed by atoms with van der Waals surface area (Å²) in [6, 6.07) is 51.5. The van der Waals surface area contributed by atoms with Crippen LogP contribution in [0.1, 0.15) is 40.7 Å². The quantitative estimate of drug-likeness (QED) is 0.225. The Hall–Kier alpha value is -5.40. The molecule has 9 rings (SSSR count). The first-order valence-electron chi connectivity index (χ1n) is 15.6. The van der Waals surface area contributed by atoms with Gasteiger partial charge >= 0.3 is 0 Å². The van der Waals surface area contributed by atoms with Gasteiger partial charge in [0, 0.05) is 11.4 Å².